The molecular weight excluding hydrogens is 296 g/mol. The molecule has 0 radical (unpaired) electrons. The van der Waals surface area contributed by atoms with E-state index in [1.165, 1.54) is 116 Å². The summed E-state index contributed by atoms with van der Waals surface area (Å²) < 4.78 is 4.93. The van der Waals surface area contributed by atoms with Crippen molar-refractivity contribution in [3.63, 3.8) is 0 Å². The number of rotatable bonds is 18. The Balaban J connectivity index is 1.61. The molecule has 0 amide bonds. The molecule has 1 aliphatic rings. The molecule has 1 fully saturated rings. The van der Waals surface area contributed by atoms with Gasteiger partial charge in [-0.15, -0.1) is 0 Å². The van der Waals surface area contributed by atoms with Crippen LogP contribution in [-0.2, 0) is 9.53 Å². The first-order chi connectivity index (χ1) is 11.8. The van der Waals surface area contributed by atoms with E-state index >= 15 is 0 Å². The minimum Gasteiger partial charge on any atom is -0.466 e. The summed E-state index contributed by atoms with van der Waals surface area (Å²) in [6, 6.07) is 0. The van der Waals surface area contributed by atoms with Gasteiger partial charge in [0.2, 0.25) is 0 Å². The minimum absolute atomic E-state index is 0.149. The zero-order valence-electron chi connectivity index (χ0n) is 16.3. The van der Waals surface area contributed by atoms with Gasteiger partial charge in [-0.1, -0.05) is 109 Å². The lowest BCUT2D eigenvalue weighted by Crippen LogP contribution is -2.00. The van der Waals surface area contributed by atoms with E-state index in [2.05, 4.69) is 0 Å². The Morgan fingerprint density at radius 1 is 0.667 bits per heavy atom. The molecule has 0 unspecified atom stereocenters. The average Bonchev–Trinajstić information content (AvgIpc) is 3.37. The molecule has 2 heteroatoms. The third kappa shape index (κ3) is 16.3. The van der Waals surface area contributed by atoms with Crippen molar-refractivity contribution in [3.8, 4) is 0 Å². The first kappa shape index (κ1) is 21.5. The lowest BCUT2D eigenvalue weighted by Gasteiger charge is -2.04. The molecule has 0 aromatic heterocycles. The molecule has 2 nitrogen and oxygen atoms in total. The highest BCUT2D eigenvalue weighted by molar-refractivity contribution is 5.65. The summed E-state index contributed by atoms with van der Waals surface area (Å²) >= 11 is 0. The van der Waals surface area contributed by atoms with Crippen LogP contribution >= 0.6 is 0 Å². The number of esters is 1. The van der Waals surface area contributed by atoms with Crippen molar-refractivity contribution in [1.82, 2.24) is 0 Å². The Kier molecular flexibility index (Phi) is 14.3. The molecule has 0 bridgehead atoms. The van der Waals surface area contributed by atoms with E-state index in [1.807, 2.05) is 0 Å². The van der Waals surface area contributed by atoms with Crippen LogP contribution in [0, 0.1) is 5.92 Å². The molecule has 0 spiro atoms. The Morgan fingerprint density at radius 3 is 1.42 bits per heavy atom. The van der Waals surface area contributed by atoms with E-state index in [0.717, 1.165) is 12.3 Å². The summed E-state index contributed by atoms with van der Waals surface area (Å²) in [7, 11) is 0. The average molecular weight is 339 g/mol. The van der Waals surface area contributed by atoms with Gasteiger partial charge >= 0.3 is 5.97 Å². The molecule has 0 aromatic carbocycles. The Hall–Kier alpha value is -0.530. The van der Waals surface area contributed by atoms with Crippen LogP contribution in [0.15, 0.2) is 0 Å². The van der Waals surface area contributed by atoms with Gasteiger partial charge in [-0.2, -0.15) is 0 Å². The fourth-order valence-electron chi connectivity index (χ4n) is 3.46. The summed E-state index contributed by atoms with van der Waals surface area (Å²) in [6.45, 7) is 2.09. The van der Waals surface area contributed by atoms with Crippen LogP contribution in [0.4, 0.5) is 0 Å². The standard InChI is InChI=1S/C22H42O2/c1-21(23)24-20-16-14-12-10-8-6-4-2-3-5-7-9-11-13-15-17-22-18-19-22/h22H,2-20H2,1H3. The van der Waals surface area contributed by atoms with Crippen LogP contribution in [0.5, 0.6) is 0 Å². The Labute approximate surface area is 151 Å². The second kappa shape index (κ2) is 16.0. The Morgan fingerprint density at radius 2 is 1.04 bits per heavy atom. The lowest BCUT2D eigenvalue weighted by atomic mass is 10.0. The van der Waals surface area contributed by atoms with Crippen LogP contribution in [0.3, 0.4) is 0 Å². The fourth-order valence-corrected chi connectivity index (χ4v) is 3.46. The largest absolute Gasteiger partial charge is 0.466 e. The number of hydrogen-bond donors (Lipinski definition) is 0. The summed E-state index contributed by atoms with van der Waals surface area (Å²) in [5.41, 5.74) is 0. The molecule has 1 rings (SSSR count). The van der Waals surface area contributed by atoms with Crippen LogP contribution < -0.4 is 0 Å². The minimum atomic E-state index is -0.149. The predicted molar refractivity (Wildman–Crippen MR) is 103 cm³/mol. The van der Waals surface area contributed by atoms with Gasteiger partial charge in [0.25, 0.3) is 0 Å². The summed E-state index contributed by atoms with van der Waals surface area (Å²) in [4.78, 5) is 10.6. The maximum Gasteiger partial charge on any atom is 0.302 e. The molecule has 0 saturated heterocycles. The molecule has 1 saturated carbocycles. The van der Waals surface area contributed by atoms with Crippen molar-refractivity contribution < 1.29 is 9.53 Å². The van der Waals surface area contributed by atoms with Crippen molar-refractivity contribution in [3.05, 3.63) is 0 Å². The molecule has 0 aromatic rings. The van der Waals surface area contributed by atoms with Crippen molar-refractivity contribution in [2.24, 2.45) is 5.92 Å². The normalized spacial score (nSPS) is 14.0. The number of unbranched alkanes of at least 4 members (excludes halogenated alkanes) is 14. The van der Waals surface area contributed by atoms with Gasteiger partial charge in [0, 0.05) is 6.92 Å². The highest BCUT2D eigenvalue weighted by Gasteiger charge is 2.19. The van der Waals surface area contributed by atoms with Crippen molar-refractivity contribution in [2.75, 3.05) is 6.61 Å². The first-order valence-corrected chi connectivity index (χ1v) is 10.9. The zero-order valence-corrected chi connectivity index (χ0v) is 16.3. The highest BCUT2D eigenvalue weighted by Crippen LogP contribution is 2.34. The third-order valence-corrected chi connectivity index (χ3v) is 5.26. The van der Waals surface area contributed by atoms with Crippen LogP contribution in [0.2, 0.25) is 0 Å². The maximum absolute atomic E-state index is 10.6. The lowest BCUT2D eigenvalue weighted by molar-refractivity contribution is -0.141. The van der Waals surface area contributed by atoms with Crippen LogP contribution in [-0.4, -0.2) is 12.6 Å². The van der Waals surface area contributed by atoms with Gasteiger partial charge in [-0.25, -0.2) is 0 Å². The molecule has 0 atom stereocenters. The monoisotopic (exact) mass is 338 g/mol. The Bertz CT molecular complexity index is 284. The van der Waals surface area contributed by atoms with E-state index in [0.29, 0.717) is 6.61 Å². The smallest absolute Gasteiger partial charge is 0.302 e. The molecule has 142 valence electrons. The molecule has 1 aliphatic carbocycles. The molecule has 0 heterocycles. The number of ether oxygens (including phenoxy) is 1. The van der Waals surface area contributed by atoms with E-state index in [-0.39, 0.29) is 5.97 Å². The second-order valence-electron chi connectivity index (χ2n) is 7.88. The number of hydrogen-bond acceptors (Lipinski definition) is 2. The number of carbonyl (C=O) groups excluding carboxylic acids is 1. The summed E-state index contributed by atoms with van der Waals surface area (Å²) in [5, 5.41) is 0. The SMILES string of the molecule is CC(=O)OCCCCCCCCCCCCCCCCCC1CC1. The molecule has 0 N–H and O–H groups in total. The van der Waals surface area contributed by atoms with E-state index < -0.39 is 0 Å². The van der Waals surface area contributed by atoms with Crippen LogP contribution in [0.1, 0.15) is 122 Å². The first-order valence-electron chi connectivity index (χ1n) is 10.9. The van der Waals surface area contributed by atoms with Gasteiger partial charge in [0.05, 0.1) is 6.61 Å². The van der Waals surface area contributed by atoms with Gasteiger partial charge in [-0.05, 0) is 12.3 Å². The quantitative estimate of drug-likeness (QED) is 0.195. The topological polar surface area (TPSA) is 26.3 Å². The predicted octanol–water partition coefficient (Wildman–Crippen LogP) is 7.20. The summed E-state index contributed by atoms with van der Waals surface area (Å²) in [6.07, 6.45) is 25.4. The zero-order chi connectivity index (χ0) is 17.3. The molecular formula is C22H42O2. The van der Waals surface area contributed by atoms with E-state index in [4.69, 9.17) is 4.74 Å². The maximum atomic E-state index is 10.6. The molecule has 0 aliphatic heterocycles. The summed E-state index contributed by atoms with van der Waals surface area (Å²) in [5.74, 6) is 0.981. The van der Waals surface area contributed by atoms with Gasteiger partial charge in [0.15, 0.2) is 0 Å². The van der Waals surface area contributed by atoms with Crippen molar-refractivity contribution >= 4 is 5.97 Å². The third-order valence-electron chi connectivity index (χ3n) is 5.26. The van der Waals surface area contributed by atoms with Gasteiger partial charge in [0.1, 0.15) is 0 Å². The van der Waals surface area contributed by atoms with E-state index in [1.54, 1.807) is 0 Å². The van der Waals surface area contributed by atoms with Gasteiger partial charge in [-0.3, -0.25) is 4.79 Å². The van der Waals surface area contributed by atoms with E-state index in [9.17, 15) is 4.79 Å². The highest BCUT2D eigenvalue weighted by atomic mass is 16.5. The van der Waals surface area contributed by atoms with Crippen LogP contribution in [0.25, 0.3) is 0 Å². The second-order valence-corrected chi connectivity index (χ2v) is 7.88. The van der Waals surface area contributed by atoms with Gasteiger partial charge < -0.3 is 4.74 Å². The van der Waals surface area contributed by atoms with Crippen molar-refractivity contribution in [2.45, 2.75) is 122 Å². The molecule has 24 heavy (non-hydrogen) atoms. The van der Waals surface area contributed by atoms with Crippen molar-refractivity contribution in [1.29, 1.82) is 0 Å². The fraction of sp³-hybridized carbons (Fsp3) is 0.955. The number of carbonyl (C=O) groups is 1.